The second-order valence-electron chi connectivity index (χ2n) is 5.12. The number of imidazole rings is 1. The van der Waals surface area contributed by atoms with Gasteiger partial charge in [-0.25, -0.2) is 4.98 Å². The smallest absolute Gasteiger partial charge is 0.108 e. The molecule has 1 N–H and O–H groups in total. The molecule has 0 bridgehead atoms. The monoisotopic (exact) mass is 246 g/mol. The van der Waals surface area contributed by atoms with E-state index < -0.39 is 0 Å². The fraction of sp³-hybridized carbons (Fsp3) is 0.714. The SMILES string of the molecule is CCCNC1(C#N)CCC(n2ccnc2CC)C1. The molecule has 1 saturated carbocycles. The molecule has 2 atom stereocenters. The Labute approximate surface area is 109 Å². The van der Waals surface area contributed by atoms with E-state index in [0.29, 0.717) is 6.04 Å². The van der Waals surface area contributed by atoms with Crippen LogP contribution in [0.3, 0.4) is 0 Å². The van der Waals surface area contributed by atoms with Crippen molar-refractivity contribution in [1.82, 2.24) is 14.9 Å². The fourth-order valence-electron chi connectivity index (χ4n) is 2.87. The van der Waals surface area contributed by atoms with Crippen molar-refractivity contribution in [3.63, 3.8) is 0 Å². The van der Waals surface area contributed by atoms with Crippen LogP contribution in [0.25, 0.3) is 0 Å². The minimum Gasteiger partial charge on any atom is -0.332 e. The lowest BCUT2D eigenvalue weighted by molar-refractivity contribution is 0.397. The quantitative estimate of drug-likeness (QED) is 0.868. The summed E-state index contributed by atoms with van der Waals surface area (Å²) in [5.41, 5.74) is -0.323. The second-order valence-corrected chi connectivity index (χ2v) is 5.12. The largest absolute Gasteiger partial charge is 0.332 e. The highest BCUT2D eigenvalue weighted by Gasteiger charge is 2.39. The molecule has 98 valence electrons. The highest BCUT2D eigenvalue weighted by Crippen LogP contribution is 2.38. The van der Waals surface area contributed by atoms with Gasteiger partial charge >= 0.3 is 0 Å². The molecule has 4 nitrogen and oxygen atoms in total. The number of hydrogen-bond donors (Lipinski definition) is 1. The molecule has 2 rings (SSSR count). The van der Waals surface area contributed by atoms with Crippen LogP contribution in [0.15, 0.2) is 12.4 Å². The number of hydrogen-bond acceptors (Lipinski definition) is 3. The zero-order chi connectivity index (χ0) is 13.0. The van der Waals surface area contributed by atoms with Gasteiger partial charge in [-0.1, -0.05) is 13.8 Å². The average molecular weight is 246 g/mol. The summed E-state index contributed by atoms with van der Waals surface area (Å²) in [5, 5.41) is 12.9. The Hall–Kier alpha value is -1.34. The topological polar surface area (TPSA) is 53.6 Å². The molecule has 1 aliphatic carbocycles. The van der Waals surface area contributed by atoms with Gasteiger partial charge in [0.2, 0.25) is 0 Å². The summed E-state index contributed by atoms with van der Waals surface area (Å²) in [6, 6.07) is 2.92. The van der Waals surface area contributed by atoms with Crippen molar-refractivity contribution < 1.29 is 0 Å². The summed E-state index contributed by atoms with van der Waals surface area (Å²) in [7, 11) is 0. The molecule has 1 aliphatic rings. The lowest BCUT2D eigenvalue weighted by Gasteiger charge is -2.23. The first-order chi connectivity index (χ1) is 8.74. The first-order valence-corrected chi connectivity index (χ1v) is 6.92. The Morgan fingerprint density at radius 2 is 2.44 bits per heavy atom. The summed E-state index contributed by atoms with van der Waals surface area (Å²) in [6.07, 6.45) is 8.84. The molecular formula is C14H22N4. The van der Waals surface area contributed by atoms with Gasteiger partial charge in [0.1, 0.15) is 11.4 Å². The third-order valence-electron chi connectivity index (χ3n) is 3.87. The Kier molecular flexibility index (Phi) is 4.03. The van der Waals surface area contributed by atoms with E-state index in [0.717, 1.165) is 44.5 Å². The lowest BCUT2D eigenvalue weighted by Crippen LogP contribution is -2.42. The van der Waals surface area contributed by atoms with Gasteiger partial charge in [0.15, 0.2) is 0 Å². The first-order valence-electron chi connectivity index (χ1n) is 6.92. The summed E-state index contributed by atoms with van der Waals surface area (Å²) < 4.78 is 2.26. The molecule has 0 saturated heterocycles. The molecule has 1 aromatic heterocycles. The third kappa shape index (κ3) is 2.41. The van der Waals surface area contributed by atoms with E-state index in [4.69, 9.17) is 0 Å². The second kappa shape index (κ2) is 5.53. The molecule has 0 spiro atoms. The molecule has 4 heteroatoms. The summed E-state index contributed by atoms with van der Waals surface area (Å²) in [6.45, 7) is 5.18. The number of aryl methyl sites for hydroxylation is 1. The van der Waals surface area contributed by atoms with Crippen LogP contribution in [-0.2, 0) is 6.42 Å². The van der Waals surface area contributed by atoms with Crippen LogP contribution in [0.2, 0.25) is 0 Å². The van der Waals surface area contributed by atoms with Gasteiger partial charge in [-0.15, -0.1) is 0 Å². The molecule has 1 aromatic rings. The van der Waals surface area contributed by atoms with Crippen molar-refractivity contribution in [3.05, 3.63) is 18.2 Å². The summed E-state index contributed by atoms with van der Waals surface area (Å²) in [5.74, 6) is 1.13. The van der Waals surface area contributed by atoms with Gasteiger partial charge < -0.3 is 4.57 Å². The summed E-state index contributed by atoms with van der Waals surface area (Å²) >= 11 is 0. The van der Waals surface area contributed by atoms with E-state index in [9.17, 15) is 5.26 Å². The van der Waals surface area contributed by atoms with Crippen LogP contribution < -0.4 is 5.32 Å². The fourth-order valence-corrected chi connectivity index (χ4v) is 2.87. The predicted octanol–water partition coefficient (Wildman–Crippen LogP) is 2.43. The highest BCUT2D eigenvalue weighted by molar-refractivity contribution is 5.14. The van der Waals surface area contributed by atoms with Crippen LogP contribution in [0, 0.1) is 11.3 Å². The zero-order valence-corrected chi connectivity index (χ0v) is 11.3. The van der Waals surface area contributed by atoms with E-state index >= 15 is 0 Å². The van der Waals surface area contributed by atoms with Crippen molar-refractivity contribution in [2.75, 3.05) is 6.54 Å². The van der Waals surface area contributed by atoms with E-state index in [1.807, 2.05) is 6.20 Å². The van der Waals surface area contributed by atoms with Gasteiger partial charge in [-0.05, 0) is 32.2 Å². The van der Waals surface area contributed by atoms with E-state index in [2.05, 4.69) is 41.0 Å². The average Bonchev–Trinajstić information content (AvgIpc) is 3.03. The normalized spacial score (nSPS) is 27.3. The van der Waals surface area contributed by atoms with E-state index in [1.165, 1.54) is 0 Å². The summed E-state index contributed by atoms with van der Waals surface area (Å²) in [4.78, 5) is 4.37. The predicted molar refractivity (Wildman–Crippen MR) is 71.1 cm³/mol. The molecule has 0 aromatic carbocycles. The Balaban J connectivity index is 2.09. The van der Waals surface area contributed by atoms with Gasteiger partial charge in [0, 0.05) is 24.9 Å². The number of rotatable bonds is 5. The molecule has 0 radical (unpaired) electrons. The maximum absolute atomic E-state index is 9.45. The van der Waals surface area contributed by atoms with E-state index in [-0.39, 0.29) is 5.54 Å². The van der Waals surface area contributed by atoms with Gasteiger partial charge in [-0.3, -0.25) is 5.32 Å². The number of aromatic nitrogens is 2. The van der Waals surface area contributed by atoms with Crippen molar-refractivity contribution in [2.45, 2.75) is 57.5 Å². The minimum absolute atomic E-state index is 0.323. The van der Waals surface area contributed by atoms with Crippen LogP contribution in [0.5, 0.6) is 0 Å². The van der Waals surface area contributed by atoms with Crippen molar-refractivity contribution in [1.29, 1.82) is 5.26 Å². The zero-order valence-electron chi connectivity index (χ0n) is 11.3. The van der Waals surface area contributed by atoms with Crippen LogP contribution in [0.4, 0.5) is 0 Å². The first kappa shape index (κ1) is 13.1. The number of nitrogens with zero attached hydrogens (tertiary/aromatic N) is 3. The standard InChI is InChI=1S/C14H22N4/c1-3-7-17-14(11-15)6-5-12(10-14)18-9-8-16-13(18)4-2/h8-9,12,17H,3-7,10H2,1-2H3. The Morgan fingerprint density at radius 3 is 3.11 bits per heavy atom. The number of nitrogens with one attached hydrogen (secondary N) is 1. The molecular weight excluding hydrogens is 224 g/mol. The highest BCUT2D eigenvalue weighted by atomic mass is 15.1. The molecule has 18 heavy (non-hydrogen) atoms. The van der Waals surface area contributed by atoms with Crippen molar-refractivity contribution >= 4 is 0 Å². The number of nitriles is 1. The lowest BCUT2D eigenvalue weighted by atomic mass is 9.99. The van der Waals surface area contributed by atoms with Crippen LogP contribution in [-0.4, -0.2) is 21.6 Å². The maximum Gasteiger partial charge on any atom is 0.108 e. The van der Waals surface area contributed by atoms with E-state index in [1.54, 1.807) is 0 Å². The van der Waals surface area contributed by atoms with Crippen molar-refractivity contribution in [3.8, 4) is 6.07 Å². The van der Waals surface area contributed by atoms with Crippen molar-refractivity contribution in [2.24, 2.45) is 0 Å². The van der Waals surface area contributed by atoms with Crippen LogP contribution >= 0.6 is 0 Å². The molecule has 0 aliphatic heterocycles. The molecule has 1 fully saturated rings. The molecule has 2 unspecified atom stereocenters. The van der Waals surface area contributed by atoms with Gasteiger partial charge in [0.05, 0.1) is 6.07 Å². The maximum atomic E-state index is 9.45. The van der Waals surface area contributed by atoms with Gasteiger partial charge in [0.25, 0.3) is 0 Å². The Morgan fingerprint density at radius 1 is 1.61 bits per heavy atom. The van der Waals surface area contributed by atoms with Gasteiger partial charge in [-0.2, -0.15) is 5.26 Å². The minimum atomic E-state index is -0.323. The van der Waals surface area contributed by atoms with Crippen LogP contribution in [0.1, 0.15) is 51.4 Å². The molecule has 0 amide bonds. The Bertz CT molecular complexity index is 431. The molecule has 1 heterocycles. The third-order valence-corrected chi connectivity index (χ3v) is 3.87.